The highest BCUT2D eigenvalue weighted by molar-refractivity contribution is 6.02. The predicted molar refractivity (Wildman–Crippen MR) is 113 cm³/mol. The lowest BCUT2D eigenvalue weighted by molar-refractivity contribution is 0.00688. The summed E-state index contributed by atoms with van der Waals surface area (Å²) in [6.07, 6.45) is 3.04. The third-order valence-corrected chi connectivity index (χ3v) is 5.10. The number of amides is 1. The number of benzene rings is 2. The van der Waals surface area contributed by atoms with Crippen LogP contribution in [0.4, 0.5) is 5.69 Å². The maximum absolute atomic E-state index is 12.6. The van der Waals surface area contributed by atoms with Crippen LogP contribution < -0.4 is 15.6 Å². The van der Waals surface area contributed by atoms with Gasteiger partial charge in [0.1, 0.15) is 17.5 Å². The van der Waals surface area contributed by atoms with Crippen molar-refractivity contribution in [1.29, 1.82) is 0 Å². The molecule has 1 aromatic heterocycles. The van der Waals surface area contributed by atoms with Crippen LogP contribution in [0.3, 0.4) is 0 Å². The second-order valence-corrected chi connectivity index (χ2v) is 7.29. The molecule has 1 aliphatic carbocycles. The predicted octanol–water partition coefficient (Wildman–Crippen LogP) is 3.17. The van der Waals surface area contributed by atoms with E-state index in [2.05, 4.69) is 10.4 Å². The minimum atomic E-state index is -0.440. The number of rotatable bonds is 5. The number of nitrogens with one attached hydrogen (secondary N) is 1. The first-order valence-corrected chi connectivity index (χ1v) is 10.0. The van der Waals surface area contributed by atoms with Gasteiger partial charge >= 0.3 is 0 Å². The van der Waals surface area contributed by atoms with E-state index in [1.807, 2.05) is 6.07 Å². The summed E-state index contributed by atoms with van der Waals surface area (Å²) in [7, 11) is 0. The highest BCUT2D eigenvalue weighted by Crippen LogP contribution is 2.25. The first kappa shape index (κ1) is 19.8. The van der Waals surface area contributed by atoms with Crippen molar-refractivity contribution >= 4 is 11.6 Å². The Bertz CT molecular complexity index is 1060. The molecule has 0 radical (unpaired) electrons. The van der Waals surface area contributed by atoms with Crippen LogP contribution in [0.25, 0.3) is 5.69 Å². The maximum atomic E-state index is 12.6. The van der Waals surface area contributed by atoms with Crippen molar-refractivity contribution in [1.82, 2.24) is 9.78 Å². The highest BCUT2D eigenvalue weighted by atomic mass is 16.5. The summed E-state index contributed by atoms with van der Waals surface area (Å²) in [6.45, 7) is 0. The Balaban J connectivity index is 1.44. The third kappa shape index (κ3) is 4.58. The lowest BCUT2D eigenvalue weighted by Gasteiger charge is -2.28. The molecule has 0 unspecified atom stereocenters. The lowest BCUT2D eigenvalue weighted by Crippen LogP contribution is -2.34. The van der Waals surface area contributed by atoms with Gasteiger partial charge in [0, 0.05) is 11.8 Å². The Morgan fingerprint density at radius 2 is 1.73 bits per heavy atom. The maximum Gasteiger partial charge on any atom is 0.276 e. The molecule has 154 valence electrons. The normalized spacial score (nSPS) is 18.6. The minimum Gasteiger partial charge on any atom is -0.488 e. The zero-order valence-electron chi connectivity index (χ0n) is 16.4. The van der Waals surface area contributed by atoms with E-state index in [0.717, 1.165) is 25.7 Å². The number of aliphatic hydroxyl groups is 1. The molecular formula is C23H23N3O4. The van der Waals surface area contributed by atoms with E-state index in [1.165, 1.54) is 16.8 Å². The fourth-order valence-electron chi connectivity index (χ4n) is 3.49. The van der Waals surface area contributed by atoms with Crippen LogP contribution in [0, 0.1) is 0 Å². The van der Waals surface area contributed by atoms with Gasteiger partial charge in [-0.05, 0) is 61.7 Å². The fraction of sp³-hybridized carbons (Fsp3) is 0.261. The van der Waals surface area contributed by atoms with E-state index in [1.54, 1.807) is 48.5 Å². The average molecular weight is 405 g/mol. The van der Waals surface area contributed by atoms with Gasteiger partial charge in [0.25, 0.3) is 11.5 Å². The summed E-state index contributed by atoms with van der Waals surface area (Å²) in [5.74, 6) is 0.228. The topological polar surface area (TPSA) is 93.5 Å². The molecule has 7 heteroatoms. The Kier molecular flexibility index (Phi) is 5.90. The van der Waals surface area contributed by atoms with E-state index < -0.39 is 12.0 Å². The molecular weight excluding hydrogens is 382 g/mol. The molecule has 0 spiro atoms. The zero-order chi connectivity index (χ0) is 20.9. The summed E-state index contributed by atoms with van der Waals surface area (Å²) in [5, 5.41) is 17.0. The Labute approximate surface area is 173 Å². The van der Waals surface area contributed by atoms with Gasteiger partial charge in [0.2, 0.25) is 0 Å². The molecule has 1 aliphatic rings. The largest absolute Gasteiger partial charge is 0.488 e. The zero-order valence-corrected chi connectivity index (χ0v) is 16.4. The molecule has 7 nitrogen and oxygen atoms in total. The number of hydrogen-bond acceptors (Lipinski definition) is 5. The summed E-state index contributed by atoms with van der Waals surface area (Å²) >= 11 is 0. The molecule has 0 aliphatic heterocycles. The molecule has 1 amide bonds. The van der Waals surface area contributed by atoms with Gasteiger partial charge in [0.15, 0.2) is 0 Å². The molecule has 2 atom stereocenters. The van der Waals surface area contributed by atoms with Gasteiger partial charge in [-0.15, -0.1) is 0 Å². The molecule has 0 bridgehead atoms. The number of carbonyl (C=O) groups is 1. The SMILES string of the molecule is O=C(Nc1ccc(O[C@H]2CCCC[C@@H]2O)cc1)c1ccc(=O)n(-c2ccccc2)n1. The minimum absolute atomic E-state index is 0.129. The van der Waals surface area contributed by atoms with E-state index >= 15 is 0 Å². The van der Waals surface area contributed by atoms with Gasteiger partial charge in [-0.2, -0.15) is 9.78 Å². The standard InChI is InChI=1S/C23H23N3O4/c27-20-8-4-5-9-21(20)30-18-12-10-16(11-13-18)24-23(29)19-14-15-22(28)26(25-19)17-6-2-1-3-7-17/h1-3,6-7,10-15,20-21,27H,4-5,8-9H2,(H,24,29)/t20-,21-/m0/s1. The van der Waals surface area contributed by atoms with Crippen molar-refractivity contribution in [2.24, 2.45) is 0 Å². The number of ether oxygens (including phenoxy) is 1. The van der Waals surface area contributed by atoms with Crippen LogP contribution in [0.2, 0.25) is 0 Å². The van der Waals surface area contributed by atoms with E-state index in [9.17, 15) is 14.7 Å². The molecule has 0 saturated heterocycles. The summed E-state index contributed by atoms with van der Waals surface area (Å²) < 4.78 is 7.07. The Morgan fingerprint density at radius 3 is 2.47 bits per heavy atom. The van der Waals surface area contributed by atoms with Crippen LogP contribution >= 0.6 is 0 Å². The van der Waals surface area contributed by atoms with Crippen molar-refractivity contribution in [3.63, 3.8) is 0 Å². The van der Waals surface area contributed by atoms with Crippen LogP contribution in [0.1, 0.15) is 36.2 Å². The number of aliphatic hydroxyl groups excluding tert-OH is 1. The lowest BCUT2D eigenvalue weighted by atomic mass is 9.95. The monoisotopic (exact) mass is 405 g/mol. The van der Waals surface area contributed by atoms with Gasteiger partial charge in [-0.25, -0.2) is 0 Å². The van der Waals surface area contributed by atoms with Crippen molar-refractivity contribution in [2.45, 2.75) is 37.9 Å². The number of carbonyl (C=O) groups excluding carboxylic acids is 1. The summed E-state index contributed by atoms with van der Waals surface area (Å²) in [5.41, 5.74) is 0.979. The van der Waals surface area contributed by atoms with E-state index in [4.69, 9.17) is 4.74 Å². The number of para-hydroxylation sites is 1. The van der Waals surface area contributed by atoms with Crippen LogP contribution in [-0.2, 0) is 0 Å². The second-order valence-electron chi connectivity index (χ2n) is 7.29. The molecule has 3 aromatic rings. The highest BCUT2D eigenvalue weighted by Gasteiger charge is 2.24. The second kappa shape index (κ2) is 8.92. The molecule has 2 aromatic carbocycles. The summed E-state index contributed by atoms with van der Waals surface area (Å²) in [6, 6.07) is 18.6. The molecule has 4 rings (SSSR count). The van der Waals surface area contributed by atoms with Crippen LogP contribution in [-0.4, -0.2) is 33.0 Å². The van der Waals surface area contributed by atoms with Crippen molar-refractivity contribution < 1.29 is 14.6 Å². The van der Waals surface area contributed by atoms with E-state index in [0.29, 0.717) is 17.1 Å². The number of hydrogen-bond donors (Lipinski definition) is 2. The van der Waals surface area contributed by atoms with E-state index in [-0.39, 0.29) is 17.4 Å². The molecule has 1 saturated carbocycles. The van der Waals surface area contributed by atoms with Crippen molar-refractivity contribution in [3.8, 4) is 11.4 Å². The Morgan fingerprint density at radius 1 is 1.00 bits per heavy atom. The molecule has 30 heavy (non-hydrogen) atoms. The van der Waals surface area contributed by atoms with Gasteiger partial charge in [-0.3, -0.25) is 9.59 Å². The van der Waals surface area contributed by atoms with Gasteiger partial charge in [-0.1, -0.05) is 24.6 Å². The van der Waals surface area contributed by atoms with Crippen LogP contribution in [0.5, 0.6) is 5.75 Å². The number of nitrogens with zero attached hydrogens (tertiary/aromatic N) is 2. The third-order valence-electron chi connectivity index (χ3n) is 5.10. The van der Waals surface area contributed by atoms with Gasteiger partial charge < -0.3 is 15.2 Å². The number of aromatic nitrogens is 2. The smallest absolute Gasteiger partial charge is 0.276 e. The summed E-state index contributed by atoms with van der Waals surface area (Å²) in [4.78, 5) is 24.7. The number of anilines is 1. The molecule has 2 N–H and O–H groups in total. The van der Waals surface area contributed by atoms with Crippen LogP contribution in [0.15, 0.2) is 71.5 Å². The Hall–Kier alpha value is -3.45. The fourth-order valence-corrected chi connectivity index (χ4v) is 3.49. The van der Waals surface area contributed by atoms with Crippen molar-refractivity contribution in [2.75, 3.05) is 5.32 Å². The quantitative estimate of drug-likeness (QED) is 0.680. The van der Waals surface area contributed by atoms with Gasteiger partial charge in [0.05, 0.1) is 11.8 Å². The molecule has 1 heterocycles. The first-order chi connectivity index (χ1) is 14.6. The van der Waals surface area contributed by atoms with Crippen molar-refractivity contribution in [3.05, 3.63) is 82.8 Å². The molecule has 1 fully saturated rings. The average Bonchev–Trinajstić information content (AvgIpc) is 2.77. The first-order valence-electron chi connectivity index (χ1n) is 10.0.